The Balaban J connectivity index is 3.03. The first kappa shape index (κ1) is 14.0. The third kappa shape index (κ3) is 4.04. The van der Waals surface area contributed by atoms with Crippen LogP contribution in [0.25, 0.3) is 0 Å². The van der Waals surface area contributed by atoms with Gasteiger partial charge in [-0.15, -0.1) is 0 Å². The van der Waals surface area contributed by atoms with Crippen molar-refractivity contribution in [3.63, 3.8) is 0 Å². The molecule has 2 nitrogen and oxygen atoms in total. The number of rotatable bonds is 4. The molecule has 0 spiro atoms. The van der Waals surface area contributed by atoms with Crippen molar-refractivity contribution < 1.29 is 4.74 Å². The molecule has 0 aliphatic carbocycles. The molecule has 0 amide bonds. The molecular weight excluding hydrogens is 210 g/mol. The topological polar surface area (TPSA) is 35.2 Å². The Morgan fingerprint density at radius 3 is 2.41 bits per heavy atom. The van der Waals surface area contributed by atoms with Gasteiger partial charge < -0.3 is 10.5 Å². The van der Waals surface area contributed by atoms with Crippen LogP contribution < -0.4 is 10.5 Å². The summed E-state index contributed by atoms with van der Waals surface area (Å²) in [6.07, 6.45) is 1.05. The van der Waals surface area contributed by atoms with E-state index in [1.165, 1.54) is 11.1 Å². The second-order valence-corrected chi connectivity index (χ2v) is 5.72. The van der Waals surface area contributed by atoms with E-state index < -0.39 is 0 Å². The van der Waals surface area contributed by atoms with Gasteiger partial charge in [0.25, 0.3) is 0 Å². The summed E-state index contributed by atoms with van der Waals surface area (Å²) in [5.74, 6) is 0.965. The average molecular weight is 235 g/mol. The van der Waals surface area contributed by atoms with Gasteiger partial charge in [-0.25, -0.2) is 0 Å². The molecule has 17 heavy (non-hydrogen) atoms. The summed E-state index contributed by atoms with van der Waals surface area (Å²) in [6, 6.07) is 6.51. The summed E-state index contributed by atoms with van der Waals surface area (Å²) >= 11 is 0. The van der Waals surface area contributed by atoms with Crippen molar-refractivity contribution in [1.29, 1.82) is 0 Å². The van der Waals surface area contributed by atoms with E-state index in [2.05, 4.69) is 45.9 Å². The van der Waals surface area contributed by atoms with Gasteiger partial charge in [-0.1, -0.05) is 39.8 Å². The lowest BCUT2D eigenvalue weighted by Gasteiger charge is -2.24. The number of benzene rings is 1. The molecule has 1 atom stereocenters. The molecular formula is C15H25NO. The van der Waals surface area contributed by atoms with Crippen LogP contribution in [-0.4, -0.2) is 12.6 Å². The second-order valence-electron chi connectivity index (χ2n) is 5.72. The van der Waals surface area contributed by atoms with Gasteiger partial charge in [0.05, 0.1) is 0 Å². The molecule has 0 aliphatic heterocycles. The zero-order valence-corrected chi connectivity index (χ0v) is 11.7. The molecule has 96 valence electrons. The van der Waals surface area contributed by atoms with E-state index in [0.717, 1.165) is 12.2 Å². The first-order valence-electron chi connectivity index (χ1n) is 6.36. The molecule has 0 saturated carbocycles. The van der Waals surface area contributed by atoms with E-state index in [0.29, 0.717) is 6.61 Å². The van der Waals surface area contributed by atoms with Crippen LogP contribution in [0.3, 0.4) is 0 Å². The van der Waals surface area contributed by atoms with E-state index in [1.807, 2.05) is 6.92 Å². The number of aryl methyl sites for hydroxylation is 1. The highest BCUT2D eigenvalue weighted by Gasteiger charge is 2.19. The Kier molecular flexibility index (Phi) is 4.58. The fraction of sp³-hybridized carbons (Fsp3) is 0.600. The van der Waals surface area contributed by atoms with E-state index in [9.17, 15) is 0 Å². The van der Waals surface area contributed by atoms with Crippen molar-refractivity contribution in [3.8, 4) is 5.75 Å². The third-order valence-electron chi connectivity index (χ3n) is 2.76. The van der Waals surface area contributed by atoms with Crippen molar-refractivity contribution >= 4 is 0 Å². The molecule has 0 unspecified atom stereocenters. The van der Waals surface area contributed by atoms with Gasteiger partial charge in [-0.05, 0) is 36.0 Å². The predicted octanol–water partition coefficient (Wildman–Crippen LogP) is 3.27. The molecule has 2 N–H and O–H groups in total. The van der Waals surface area contributed by atoms with Gasteiger partial charge in [-0.2, -0.15) is 0 Å². The Labute approximate surface area is 105 Å². The fourth-order valence-corrected chi connectivity index (χ4v) is 1.73. The second kappa shape index (κ2) is 5.54. The predicted molar refractivity (Wildman–Crippen MR) is 73.7 cm³/mol. The van der Waals surface area contributed by atoms with Gasteiger partial charge in [0.15, 0.2) is 0 Å². The van der Waals surface area contributed by atoms with Crippen LogP contribution in [0.1, 0.15) is 45.7 Å². The Morgan fingerprint density at radius 2 is 1.94 bits per heavy atom. The molecule has 0 heterocycles. The first-order valence-corrected chi connectivity index (χ1v) is 6.36. The summed E-state index contributed by atoms with van der Waals surface area (Å²) in [5, 5.41) is 0. The summed E-state index contributed by atoms with van der Waals surface area (Å²) in [7, 11) is 0. The molecule has 1 aromatic rings. The lowest BCUT2D eigenvalue weighted by Crippen LogP contribution is -2.25. The van der Waals surface area contributed by atoms with Gasteiger partial charge >= 0.3 is 0 Å². The third-order valence-corrected chi connectivity index (χ3v) is 2.76. The number of ether oxygens (including phenoxy) is 1. The maximum Gasteiger partial charge on any atom is 0.123 e. The Bertz CT molecular complexity index is 364. The summed E-state index contributed by atoms with van der Waals surface area (Å²) in [6.45, 7) is 11.3. The van der Waals surface area contributed by atoms with Gasteiger partial charge in [0.1, 0.15) is 12.4 Å². The van der Waals surface area contributed by atoms with Crippen molar-refractivity contribution in [2.45, 2.75) is 52.5 Å². The normalized spacial score (nSPS) is 13.5. The Hall–Kier alpha value is -1.02. The fourth-order valence-electron chi connectivity index (χ4n) is 1.73. The van der Waals surface area contributed by atoms with Crippen LogP contribution in [0.4, 0.5) is 0 Å². The van der Waals surface area contributed by atoms with Crippen LogP contribution in [-0.2, 0) is 11.8 Å². The minimum absolute atomic E-state index is 0.0636. The molecule has 1 aromatic carbocycles. The van der Waals surface area contributed by atoms with Gasteiger partial charge in [0.2, 0.25) is 0 Å². The molecule has 0 aliphatic rings. The highest BCUT2D eigenvalue weighted by atomic mass is 16.5. The molecule has 1 rings (SSSR count). The first-order chi connectivity index (χ1) is 7.84. The summed E-state index contributed by atoms with van der Waals surface area (Å²) < 4.78 is 5.80. The highest BCUT2D eigenvalue weighted by Crippen LogP contribution is 2.32. The minimum Gasteiger partial charge on any atom is -0.492 e. The molecule has 0 radical (unpaired) electrons. The zero-order chi connectivity index (χ0) is 13.1. The number of nitrogens with two attached hydrogens (primary N) is 1. The Morgan fingerprint density at radius 1 is 1.29 bits per heavy atom. The van der Waals surface area contributed by atoms with Crippen LogP contribution in [0.5, 0.6) is 5.75 Å². The van der Waals surface area contributed by atoms with E-state index in [1.54, 1.807) is 0 Å². The average Bonchev–Trinajstić information content (AvgIpc) is 2.24. The van der Waals surface area contributed by atoms with Crippen LogP contribution in [0.15, 0.2) is 18.2 Å². The maximum absolute atomic E-state index is 5.80. The van der Waals surface area contributed by atoms with E-state index in [-0.39, 0.29) is 11.5 Å². The quantitative estimate of drug-likeness (QED) is 0.869. The standard InChI is InChI=1S/C15H25NO/c1-6-12-7-8-14(17-10-11(2)16)13(9-12)15(3,4)5/h7-9,11H,6,10,16H2,1-5H3/t11-/m0/s1. The smallest absolute Gasteiger partial charge is 0.123 e. The number of hydrogen-bond donors (Lipinski definition) is 1. The van der Waals surface area contributed by atoms with Crippen LogP contribution >= 0.6 is 0 Å². The molecule has 0 saturated heterocycles. The molecule has 0 aromatic heterocycles. The summed E-state index contributed by atoms with van der Waals surface area (Å²) in [5.41, 5.74) is 8.44. The molecule has 2 heteroatoms. The maximum atomic E-state index is 5.80. The van der Waals surface area contributed by atoms with Crippen molar-refractivity contribution in [2.24, 2.45) is 5.73 Å². The van der Waals surface area contributed by atoms with Crippen LogP contribution in [0.2, 0.25) is 0 Å². The lowest BCUT2D eigenvalue weighted by molar-refractivity contribution is 0.288. The molecule has 0 fully saturated rings. The number of hydrogen-bond acceptors (Lipinski definition) is 2. The van der Waals surface area contributed by atoms with Crippen LogP contribution in [0, 0.1) is 0 Å². The highest BCUT2D eigenvalue weighted by molar-refractivity contribution is 5.41. The van der Waals surface area contributed by atoms with E-state index >= 15 is 0 Å². The van der Waals surface area contributed by atoms with Gasteiger partial charge in [-0.3, -0.25) is 0 Å². The van der Waals surface area contributed by atoms with Crippen molar-refractivity contribution in [1.82, 2.24) is 0 Å². The molecule has 0 bridgehead atoms. The largest absolute Gasteiger partial charge is 0.492 e. The monoisotopic (exact) mass is 235 g/mol. The van der Waals surface area contributed by atoms with Gasteiger partial charge in [0, 0.05) is 6.04 Å². The van der Waals surface area contributed by atoms with Crippen molar-refractivity contribution in [2.75, 3.05) is 6.61 Å². The summed E-state index contributed by atoms with van der Waals surface area (Å²) in [4.78, 5) is 0. The van der Waals surface area contributed by atoms with E-state index in [4.69, 9.17) is 10.5 Å². The lowest BCUT2D eigenvalue weighted by atomic mass is 9.85. The SMILES string of the molecule is CCc1ccc(OC[C@H](C)N)c(C(C)(C)C)c1. The minimum atomic E-state index is 0.0636. The van der Waals surface area contributed by atoms with Crippen molar-refractivity contribution in [3.05, 3.63) is 29.3 Å². The zero-order valence-electron chi connectivity index (χ0n) is 11.7.